The van der Waals surface area contributed by atoms with Gasteiger partial charge in [-0.3, -0.25) is 9.72 Å². The van der Waals surface area contributed by atoms with Crippen molar-refractivity contribution in [1.29, 1.82) is 0 Å². The van der Waals surface area contributed by atoms with Gasteiger partial charge in [0.1, 0.15) is 5.54 Å². The van der Waals surface area contributed by atoms with E-state index in [1.165, 1.54) is 0 Å². The maximum Gasteiger partial charge on any atom is 0.318 e. The summed E-state index contributed by atoms with van der Waals surface area (Å²) < 4.78 is 0.820. The first-order valence-corrected chi connectivity index (χ1v) is 6.08. The van der Waals surface area contributed by atoms with Crippen molar-refractivity contribution in [3.63, 3.8) is 0 Å². The summed E-state index contributed by atoms with van der Waals surface area (Å²) in [6, 6.07) is 3.45. The number of hydrogen-bond donors (Lipinski definition) is 0. The molecule has 0 saturated carbocycles. The molecule has 0 saturated heterocycles. The highest BCUT2D eigenvalue weighted by Crippen LogP contribution is 2.39. The molecule has 5 heteroatoms. The minimum atomic E-state index is -0.769. The summed E-state index contributed by atoms with van der Waals surface area (Å²) in [7, 11) is 0. The number of amidine groups is 1. The average molecular weight is 248 g/mol. The lowest BCUT2D eigenvalue weighted by Crippen LogP contribution is -2.55. The summed E-state index contributed by atoms with van der Waals surface area (Å²) in [6.45, 7) is 7.36. The Morgan fingerprint density at radius 1 is 1.44 bits per heavy atom. The van der Waals surface area contributed by atoms with Crippen LogP contribution in [-0.2, 0) is 5.21 Å². The van der Waals surface area contributed by atoms with E-state index in [4.69, 9.17) is 0 Å². The van der Waals surface area contributed by atoms with E-state index in [1.807, 2.05) is 13.8 Å². The molecule has 5 nitrogen and oxygen atoms in total. The van der Waals surface area contributed by atoms with Crippen molar-refractivity contribution in [3.05, 3.63) is 35.3 Å². The molecule has 0 aromatic carbocycles. The summed E-state index contributed by atoms with van der Waals surface area (Å²) in [5.74, 6) is 0.150. The fourth-order valence-corrected chi connectivity index (χ4v) is 2.35. The van der Waals surface area contributed by atoms with E-state index in [-0.39, 0.29) is 5.84 Å². The third-order valence-corrected chi connectivity index (χ3v) is 4.27. The molecular formula is C13H18N3O2. The van der Waals surface area contributed by atoms with Crippen LogP contribution in [-0.4, -0.2) is 31.7 Å². The van der Waals surface area contributed by atoms with Crippen LogP contribution in [0, 0.1) is 5.21 Å². The van der Waals surface area contributed by atoms with Crippen LogP contribution in [0.5, 0.6) is 0 Å². The Labute approximate surface area is 107 Å². The van der Waals surface area contributed by atoms with Gasteiger partial charge in [0.15, 0.2) is 5.54 Å². The Balaban J connectivity index is 2.59. The van der Waals surface area contributed by atoms with Crippen molar-refractivity contribution < 1.29 is 9.95 Å². The molecule has 0 aliphatic carbocycles. The van der Waals surface area contributed by atoms with Crippen molar-refractivity contribution in [1.82, 2.24) is 10.0 Å². The first kappa shape index (κ1) is 12.8. The second-order valence-electron chi connectivity index (χ2n) is 5.34. The predicted molar refractivity (Wildman–Crippen MR) is 67.3 cm³/mol. The molecular weight excluding hydrogens is 230 g/mol. The SMILES string of the molecule is CC[C@]1(C)N([O])C(c2cccnc2)=[N+]([O-])C1(C)C. The Morgan fingerprint density at radius 3 is 2.56 bits per heavy atom. The number of rotatable bonds is 2. The van der Waals surface area contributed by atoms with Crippen molar-refractivity contribution in [3.8, 4) is 0 Å². The van der Waals surface area contributed by atoms with E-state index < -0.39 is 11.1 Å². The molecule has 0 N–H and O–H groups in total. The lowest BCUT2D eigenvalue weighted by Gasteiger charge is -2.35. The van der Waals surface area contributed by atoms with Crippen LogP contribution in [0.15, 0.2) is 24.5 Å². The second-order valence-corrected chi connectivity index (χ2v) is 5.34. The summed E-state index contributed by atoms with van der Waals surface area (Å²) in [4.78, 5) is 3.97. The van der Waals surface area contributed by atoms with E-state index >= 15 is 0 Å². The molecule has 2 heterocycles. The molecule has 1 aliphatic rings. The zero-order valence-electron chi connectivity index (χ0n) is 11.2. The van der Waals surface area contributed by atoms with Gasteiger partial charge in [0, 0.05) is 17.6 Å². The van der Waals surface area contributed by atoms with E-state index in [1.54, 1.807) is 38.4 Å². The Kier molecular flexibility index (Phi) is 2.81. The van der Waals surface area contributed by atoms with Crippen molar-refractivity contribution in [2.24, 2.45) is 0 Å². The fraction of sp³-hybridized carbons (Fsp3) is 0.538. The Bertz CT molecular complexity index is 484. The zero-order valence-corrected chi connectivity index (χ0v) is 11.2. The number of hydrogen-bond acceptors (Lipinski definition) is 3. The van der Waals surface area contributed by atoms with Gasteiger partial charge >= 0.3 is 5.84 Å². The van der Waals surface area contributed by atoms with Crippen LogP contribution in [0.2, 0.25) is 0 Å². The van der Waals surface area contributed by atoms with Crippen LogP contribution >= 0.6 is 0 Å². The highest BCUT2D eigenvalue weighted by molar-refractivity contribution is 5.95. The molecule has 2 rings (SSSR count). The monoisotopic (exact) mass is 248 g/mol. The van der Waals surface area contributed by atoms with Gasteiger partial charge in [0.2, 0.25) is 0 Å². The van der Waals surface area contributed by atoms with Gasteiger partial charge in [-0.1, -0.05) is 12.0 Å². The van der Waals surface area contributed by atoms with Crippen LogP contribution in [0.3, 0.4) is 0 Å². The van der Waals surface area contributed by atoms with E-state index in [0.29, 0.717) is 12.0 Å². The van der Waals surface area contributed by atoms with Crippen LogP contribution in [0.4, 0.5) is 0 Å². The average Bonchev–Trinajstić information content (AvgIpc) is 2.50. The van der Waals surface area contributed by atoms with Gasteiger partial charge in [0.25, 0.3) is 0 Å². The zero-order chi connectivity index (χ0) is 13.6. The summed E-state index contributed by atoms with van der Waals surface area (Å²) >= 11 is 0. The second kappa shape index (κ2) is 3.95. The highest BCUT2D eigenvalue weighted by atomic mass is 16.5. The molecule has 1 radical (unpaired) electrons. The van der Waals surface area contributed by atoms with Crippen molar-refractivity contribution >= 4 is 5.84 Å². The Hall–Kier alpha value is -1.62. The molecule has 18 heavy (non-hydrogen) atoms. The van der Waals surface area contributed by atoms with Crippen LogP contribution in [0.25, 0.3) is 0 Å². The molecule has 0 amide bonds. The van der Waals surface area contributed by atoms with Gasteiger partial charge in [-0.05, 0) is 39.3 Å². The van der Waals surface area contributed by atoms with Gasteiger partial charge in [-0.2, -0.15) is 0 Å². The van der Waals surface area contributed by atoms with Crippen LogP contribution < -0.4 is 0 Å². The minimum Gasteiger partial charge on any atom is -0.714 e. The first-order chi connectivity index (χ1) is 8.36. The molecule has 1 aliphatic heterocycles. The summed E-state index contributed by atoms with van der Waals surface area (Å²) in [6.07, 6.45) is 3.77. The maximum absolute atomic E-state index is 12.5. The number of pyridine rings is 1. The Morgan fingerprint density at radius 2 is 2.11 bits per heavy atom. The molecule has 1 aromatic heterocycles. The molecule has 1 atom stereocenters. The highest BCUT2D eigenvalue weighted by Gasteiger charge is 2.61. The van der Waals surface area contributed by atoms with Crippen molar-refractivity contribution in [2.75, 3.05) is 0 Å². The fourth-order valence-electron chi connectivity index (χ4n) is 2.35. The van der Waals surface area contributed by atoms with E-state index in [0.717, 1.165) is 9.80 Å². The lowest BCUT2D eigenvalue weighted by molar-refractivity contribution is -0.540. The molecule has 0 spiro atoms. The predicted octanol–water partition coefficient (Wildman–Crippen LogP) is 1.95. The normalized spacial score (nSPS) is 26.8. The van der Waals surface area contributed by atoms with Crippen molar-refractivity contribution in [2.45, 2.75) is 45.2 Å². The first-order valence-electron chi connectivity index (χ1n) is 6.08. The van der Waals surface area contributed by atoms with Gasteiger partial charge in [0.05, 0.1) is 5.56 Å². The quantitative estimate of drug-likeness (QED) is 0.593. The van der Waals surface area contributed by atoms with E-state index in [9.17, 15) is 10.4 Å². The molecule has 0 bridgehead atoms. The van der Waals surface area contributed by atoms with Gasteiger partial charge in [-0.15, -0.1) is 0 Å². The molecule has 0 unspecified atom stereocenters. The minimum absolute atomic E-state index is 0.150. The maximum atomic E-state index is 12.5. The lowest BCUT2D eigenvalue weighted by atomic mass is 9.80. The standard InChI is InChI=1S/C13H18N3O2/c1-5-13(4)12(2,3)15(17)11(16(13)18)10-7-6-8-14-9-10/h6-9H,5H2,1-4H3/t13-/m0/s1. The van der Waals surface area contributed by atoms with Gasteiger partial charge in [-0.25, -0.2) is 0 Å². The van der Waals surface area contributed by atoms with Crippen LogP contribution in [0.1, 0.15) is 39.7 Å². The van der Waals surface area contributed by atoms with Gasteiger partial charge < -0.3 is 5.21 Å². The number of aromatic nitrogens is 1. The molecule has 97 valence electrons. The summed E-state index contributed by atoms with van der Waals surface area (Å²) in [5, 5.41) is 25.8. The third-order valence-electron chi connectivity index (χ3n) is 4.27. The largest absolute Gasteiger partial charge is 0.714 e. The number of nitrogens with zero attached hydrogens (tertiary/aromatic N) is 3. The number of hydroxylamine groups is 3. The third kappa shape index (κ3) is 1.43. The molecule has 1 aromatic rings. The molecule has 0 fully saturated rings. The van der Waals surface area contributed by atoms with E-state index in [2.05, 4.69) is 4.98 Å². The smallest absolute Gasteiger partial charge is 0.318 e. The topological polar surface area (TPSA) is 62.1 Å². The summed E-state index contributed by atoms with van der Waals surface area (Å²) in [5.41, 5.74) is -0.943.